The summed E-state index contributed by atoms with van der Waals surface area (Å²) in [6.45, 7) is 0.0548. The molecular weight excluding hydrogens is 286 g/mol. The van der Waals surface area contributed by atoms with Gasteiger partial charge >= 0.3 is 5.97 Å². The summed E-state index contributed by atoms with van der Waals surface area (Å²) in [6, 6.07) is 2.94. The molecule has 1 aromatic rings. The summed E-state index contributed by atoms with van der Waals surface area (Å²) >= 11 is 6.00. The Kier molecular flexibility index (Phi) is 2.97. The van der Waals surface area contributed by atoms with Gasteiger partial charge in [-0.25, -0.2) is 4.79 Å². The van der Waals surface area contributed by atoms with Crippen molar-refractivity contribution in [2.45, 2.75) is 24.8 Å². The molecule has 2 N–H and O–H groups in total. The molecule has 1 aliphatic heterocycles. The molecule has 1 saturated carbocycles. The molecule has 0 unspecified atom stereocenters. The second-order valence-corrected chi connectivity index (χ2v) is 5.29. The Bertz CT molecular complexity index is 597. The van der Waals surface area contributed by atoms with Gasteiger partial charge in [-0.2, -0.15) is 0 Å². The number of nitrogens with one attached hydrogen (secondary N) is 1. The lowest BCUT2D eigenvalue weighted by Gasteiger charge is -2.38. The SMILES string of the molecule is O=C(NC1(C(=O)O)CCC1)c1cc(Cl)c2c(c1)OCO2. The fraction of sp³-hybridized carbons (Fsp3) is 0.385. The van der Waals surface area contributed by atoms with Crippen LogP contribution in [0, 0.1) is 0 Å². The van der Waals surface area contributed by atoms with Crippen LogP contribution in [0.1, 0.15) is 29.6 Å². The second kappa shape index (κ2) is 4.56. The first-order valence-corrected chi connectivity index (χ1v) is 6.55. The van der Waals surface area contributed by atoms with Gasteiger partial charge in [0.2, 0.25) is 6.79 Å². The zero-order valence-electron chi connectivity index (χ0n) is 10.4. The molecule has 0 radical (unpaired) electrons. The summed E-state index contributed by atoms with van der Waals surface area (Å²) in [5.41, 5.74) is -0.897. The highest BCUT2D eigenvalue weighted by Gasteiger charge is 2.45. The molecule has 2 aliphatic rings. The number of fused-ring (bicyclic) bond motifs is 1. The molecule has 1 aromatic carbocycles. The van der Waals surface area contributed by atoms with Crippen LogP contribution in [0.2, 0.25) is 5.02 Å². The number of benzene rings is 1. The topological polar surface area (TPSA) is 84.9 Å². The largest absolute Gasteiger partial charge is 0.480 e. The van der Waals surface area contributed by atoms with Crippen molar-refractivity contribution in [1.29, 1.82) is 0 Å². The van der Waals surface area contributed by atoms with Gasteiger partial charge in [-0.15, -0.1) is 0 Å². The molecule has 0 bridgehead atoms. The number of ether oxygens (including phenoxy) is 2. The zero-order chi connectivity index (χ0) is 14.3. The van der Waals surface area contributed by atoms with E-state index in [9.17, 15) is 14.7 Å². The van der Waals surface area contributed by atoms with Crippen LogP contribution in [-0.4, -0.2) is 29.3 Å². The van der Waals surface area contributed by atoms with Crippen LogP contribution in [0.4, 0.5) is 0 Å². The molecule has 0 atom stereocenters. The molecule has 20 heavy (non-hydrogen) atoms. The van der Waals surface area contributed by atoms with Crippen LogP contribution in [0.3, 0.4) is 0 Å². The van der Waals surface area contributed by atoms with E-state index in [1.807, 2.05) is 0 Å². The molecule has 6 nitrogen and oxygen atoms in total. The minimum Gasteiger partial charge on any atom is -0.480 e. The highest BCUT2D eigenvalue weighted by molar-refractivity contribution is 6.32. The number of hydrogen-bond acceptors (Lipinski definition) is 4. The van der Waals surface area contributed by atoms with Crippen molar-refractivity contribution in [2.75, 3.05) is 6.79 Å². The number of carbonyl (C=O) groups excluding carboxylic acids is 1. The molecule has 3 rings (SSSR count). The van der Waals surface area contributed by atoms with Crippen molar-refractivity contribution in [3.63, 3.8) is 0 Å². The van der Waals surface area contributed by atoms with E-state index in [0.29, 0.717) is 24.3 Å². The van der Waals surface area contributed by atoms with Crippen molar-refractivity contribution in [1.82, 2.24) is 5.32 Å². The van der Waals surface area contributed by atoms with Crippen molar-refractivity contribution in [3.8, 4) is 11.5 Å². The Morgan fingerprint density at radius 3 is 2.65 bits per heavy atom. The summed E-state index contributed by atoms with van der Waals surface area (Å²) in [4.78, 5) is 23.4. The van der Waals surface area contributed by atoms with Gasteiger partial charge in [0.15, 0.2) is 11.5 Å². The lowest BCUT2D eigenvalue weighted by molar-refractivity contribution is -0.148. The van der Waals surface area contributed by atoms with Gasteiger partial charge in [0.25, 0.3) is 5.91 Å². The first-order chi connectivity index (χ1) is 9.52. The standard InChI is InChI=1S/C13H12ClNO5/c14-8-4-7(5-9-10(8)20-6-19-9)11(16)15-13(12(17)18)2-1-3-13/h4-5H,1-3,6H2,(H,15,16)(H,17,18). The van der Waals surface area contributed by atoms with E-state index in [2.05, 4.69) is 5.32 Å². The third-order valence-corrected chi connectivity index (χ3v) is 3.94. The highest BCUT2D eigenvalue weighted by atomic mass is 35.5. The summed E-state index contributed by atoms with van der Waals surface area (Å²) in [5.74, 6) is -0.698. The fourth-order valence-corrected chi connectivity index (χ4v) is 2.58. The van der Waals surface area contributed by atoms with Crippen molar-refractivity contribution in [3.05, 3.63) is 22.7 Å². The summed E-state index contributed by atoms with van der Waals surface area (Å²) in [7, 11) is 0. The zero-order valence-corrected chi connectivity index (χ0v) is 11.2. The minimum atomic E-state index is -1.15. The predicted molar refractivity (Wildman–Crippen MR) is 69.3 cm³/mol. The highest BCUT2D eigenvalue weighted by Crippen LogP contribution is 2.40. The van der Waals surface area contributed by atoms with E-state index >= 15 is 0 Å². The lowest BCUT2D eigenvalue weighted by Crippen LogP contribution is -2.59. The molecule has 1 amide bonds. The summed E-state index contributed by atoms with van der Waals surface area (Å²) < 4.78 is 10.3. The molecule has 0 spiro atoms. The second-order valence-electron chi connectivity index (χ2n) is 4.89. The van der Waals surface area contributed by atoms with Gasteiger partial charge in [0, 0.05) is 5.56 Å². The van der Waals surface area contributed by atoms with Gasteiger partial charge in [0.1, 0.15) is 5.54 Å². The average Bonchev–Trinajstić information content (AvgIpc) is 2.81. The number of hydrogen-bond donors (Lipinski definition) is 2. The molecule has 1 heterocycles. The van der Waals surface area contributed by atoms with E-state index in [-0.39, 0.29) is 17.4 Å². The predicted octanol–water partition coefficient (Wildman–Crippen LogP) is 1.81. The van der Waals surface area contributed by atoms with Crippen molar-refractivity contribution >= 4 is 23.5 Å². The van der Waals surface area contributed by atoms with Crippen LogP contribution in [0.25, 0.3) is 0 Å². The normalized spacial score (nSPS) is 18.2. The maximum Gasteiger partial charge on any atom is 0.329 e. The maximum absolute atomic E-state index is 12.2. The Labute approximate surface area is 119 Å². The van der Waals surface area contributed by atoms with E-state index in [4.69, 9.17) is 21.1 Å². The molecule has 0 saturated heterocycles. The third kappa shape index (κ3) is 1.96. The van der Waals surface area contributed by atoms with E-state index in [1.165, 1.54) is 12.1 Å². The number of carboxylic acid groups (broad SMARTS) is 1. The quantitative estimate of drug-likeness (QED) is 0.889. The van der Waals surface area contributed by atoms with E-state index < -0.39 is 17.4 Å². The third-order valence-electron chi connectivity index (χ3n) is 3.66. The van der Waals surface area contributed by atoms with E-state index in [1.54, 1.807) is 0 Å². The number of carboxylic acids is 1. The lowest BCUT2D eigenvalue weighted by atomic mass is 9.76. The number of amides is 1. The number of aliphatic carboxylic acids is 1. The van der Waals surface area contributed by atoms with Crippen LogP contribution in [0.5, 0.6) is 11.5 Å². The molecule has 7 heteroatoms. The maximum atomic E-state index is 12.2. The van der Waals surface area contributed by atoms with Crippen LogP contribution in [-0.2, 0) is 4.79 Å². The molecular formula is C13H12ClNO5. The Balaban J connectivity index is 1.85. The fourth-order valence-electron chi connectivity index (χ4n) is 2.31. The van der Waals surface area contributed by atoms with Gasteiger partial charge in [-0.1, -0.05) is 11.6 Å². The molecule has 106 valence electrons. The molecule has 0 aromatic heterocycles. The van der Waals surface area contributed by atoms with Crippen LogP contribution in [0.15, 0.2) is 12.1 Å². The van der Waals surface area contributed by atoms with Crippen molar-refractivity contribution < 1.29 is 24.2 Å². The van der Waals surface area contributed by atoms with Crippen LogP contribution >= 0.6 is 11.6 Å². The van der Waals surface area contributed by atoms with Crippen molar-refractivity contribution in [2.24, 2.45) is 0 Å². The van der Waals surface area contributed by atoms with Gasteiger partial charge in [-0.05, 0) is 31.4 Å². The minimum absolute atomic E-state index is 0.0548. The summed E-state index contributed by atoms with van der Waals surface area (Å²) in [5, 5.41) is 12.0. The average molecular weight is 298 g/mol. The number of carbonyl (C=O) groups is 2. The van der Waals surface area contributed by atoms with Gasteiger partial charge in [0.05, 0.1) is 5.02 Å². The van der Waals surface area contributed by atoms with Gasteiger partial charge < -0.3 is 19.9 Å². The Hall–Kier alpha value is -1.95. The van der Waals surface area contributed by atoms with Gasteiger partial charge in [-0.3, -0.25) is 4.79 Å². The Morgan fingerprint density at radius 2 is 2.05 bits per heavy atom. The smallest absolute Gasteiger partial charge is 0.329 e. The monoisotopic (exact) mass is 297 g/mol. The first kappa shape index (κ1) is 13.1. The van der Waals surface area contributed by atoms with E-state index in [0.717, 1.165) is 6.42 Å². The first-order valence-electron chi connectivity index (χ1n) is 6.17. The Morgan fingerprint density at radius 1 is 1.30 bits per heavy atom. The van der Waals surface area contributed by atoms with Crippen LogP contribution < -0.4 is 14.8 Å². The summed E-state index contributed by atoms with van der Waals surface area (Å²) in [6.07, 6.45) is 1.66. The number of halogens is 1. The number of rotatable bonds is 3. The molecule has 1 aliphatic carbocycles. The molecule has 1 fully saturated rings.